The van der Waals surface area contributed by atoms with Gasteiger partial charge < -0.3 is 24.5 Å². The molecule has 0 bridgehead atoms. The predicted octanol–water partition coefficient (Wildman–Crippen LogP) is 2.17. The van der Waals surface area contributed by atoms with Gasteiger partial charge in [-0.3, -0.25) is 9.59 Å². The fourth-order valence-corrected chi connectivity index (χ4v) is 3.10. The van der Waals surface area contributed by atoms with E-state index in [0.29, 0.717) is 35.8 Å². The van der Waals surface area contributed by atoms with Crippen LogP contribution in [-0.4, -0.2) is 31.2 Å². The Balaban J connectivity index is 1.47. The molecule has 0 radical (unpaired) electrons. The molecule has 28 heavy (non-hydrogen) atoms. The highest BCUT2D eigenvalue weighted by atomic mass is 16.6. The van der Waals surface area contributed by atoms with E-state index >= 15 is 0 Å². The molecule has 0 saturated carbocycles. The van der Waals surface area contributed by atoms with E-state index in [1.807, 2.05) is 30.3 Å². The smallest absolute Gasteiger partial charge is 0.253 e. The first-order chi connectivity index (χ1) is 13.6. The Morgan fingerprint density at radius 1 is 1.11 bits per heavy atom. The van der Waals surface area contributed by atoms with Gasteiger partial charge >= 0.3 is 0 Å². The number of H-pyrrole nitrogens is 1. The Morgan fingerprint density at radius 2 is 1.82 bits per heavy atom. The lowest BCUT2D eigenvalue weighted by Crippen LogP contribution is -2.28. The van der Waals surface area contributed by atoms with Crippen molar-refractivity contribution in [2.75, 3.05) is 20.3 Å². The van der Waals surface area contributed by atoms with Crippen LogP contribution < -0.4 is 25.1 Å². The van der Waals surface area contributed by atoms with Gasteiger partial charge in [-0.15, -0.1) is 0 Å². The first-order valence-corrected chi connectivity index (χ1v) is 8.97. The summed E-state index contributed by atoms with van der Waals surface area (Å²) < 4.78 is 16.2. The summed E-state index contributed by atoms with van der Waals surface area (Å²) >= 11 is 0. The number of aromatic amines is 1. The van der Waals surface area contributed by atoms with Crippen LogP contribution in [-0.2, 0) is 17.8 Å². The summed E-state index contributed by atoms with van der Waals surface area (Å²) in [5.74, 6) is 1.85. The predicted molar refractivity (Wildman–Crippen MR) is 104 cm³/mol. The van der Waals surface area contributed by atoms with Crippen LogP contribution in [0.1, 0.15) is 11.1 Å². The number of benzene rings is 2. The van der Waals surface area contributed by atoms with Gasteiger partial charge in [0.25, 0.3) is 5.56 Å². The van der Waals surface area contributed by atoms with E-state index in [-0.39, 0.29) is 24.4 Å². The van der Waals surface area contributed by atoms with Crippen LogP contribution in [0.4, 0.5) is 0 Å². The van der Waals surface area contributed by atoms with Crippen LogP contribution in [0.3, 0.4) is 0 Å². The molecule has 1 amide bonds. The minimum Gasteiger partial charge on any atom is -0.497 e. The maximum Gasteiger partial charge on any atom is 0.253 e. The number of rotatable bonds is 5. The van der Waals surface area contributed by atoms with Crippen LogP contribution in [0.25, 0.3) is 10.9 Å². The SMILES string of the molecule is COc1ccc(CC(=O)NCc2cc3cc4c(cc3[nH]c2=O)OCCO4)cc1. The first kappa shape index (κ1) is 17.9. The molecule has 2 heterocycles. The highest BCUT2D eigenvalue weighted by Crippen LogP contribution is 2.33. The second-order valence-corrected chi connectivity index (χ2v) is 6.51. The van der Waals surface area contributed by atoms with Crippen molar-refractivity contribution in [2.24, 2.45) is 0 Å². The van der Waals surface area contributed by atoms with Gasteiger partial charge in [0.15, 0.2) is 11.5 Å². The second kappa shape index (κ2) is 7.64. The lowest BCUT2D eigenvalue weighted by Gasteiger charge is -2.18. The van der Waals surface area contributed by atoms with Crippen molar-refractivity contribution in [1.82, 2.24) is 10.3 Å². The fraction of sp³-hybridized carbons (Fsp3) is 0.238. The van der Waals surface area contributed by atoms with Crippen molar-refractivity contribution >= 4 is 16.8 Å². The summed E-state index contributed by atoms with van der Waals surface area (Å²) in [6, 6.07) is 12.7. The molecule has 0 saturated heterocycles. The quantitative estimate of drug-likeness (QED) is 0.708. The number of fused-ring (bicyclic) bond motifs is 2. The Bertz CT molecular complexity index is 1070. The molecule has 7 heteroatoms. The van der Waals surface area contributed by atoms with Gasteiger partial charge in [-0.05, 0) is 29.8 Å². The zero-order chi connectivity index (χ0) is 19.5. The van der Waals surface area contributed by atoms with Gasteiger partial charge in [-0.25, -0.2) is 0 Å². The van der Waals surface area contributed by atoms with Gasteiger partial charge in [0.1, 0.15) is 19.0 Å². The van der Waals surface area contributed by atoms with Gasteiger partial charge in [-0.1, -0.05) is 12.1 Å². The van der Waals surface area contributed by atoms with Crippen LogP contribution >= 0.6 is 0 Å². The minimum atomic E-state index is -0.242. The van der Waals surface area contributed by atoms with E-state index in [9.17, 15) is 9.59 Å². The molecule has 1 aromatic heterocycles. The Morgan fingerprint density at radius 3 is 2.54 bits per heavy atom. The normalized spacial score (nSPS) is 12.6. The molecular weight excluding hydrogens is 360 g/mol. The monoisotopic (exact) mass is 380 g/mol. The molecule has 0 fully saturated rings. The van der Waals surface area contributed by atoms with Crippen LogP contribution in [0.5, 0.6) is 17.2 Å². The number of carbonyl (C=O) groups is 1. The van der Waals surface area contributed by atoms with E-state index < -0.39 is 0 Å². The summed E-state index contributed by atoms with van der Waals surface area (Å²) in [5, 5.41) is 3.62. The highest BCUT2D eigenvalue weighted by molar-refractivity contribution is 5.83. The lowest BCUT2D eigenvalue weighted by atomic mass is 10.1. The van der Waals surface area contributed by atoms with E-state index in [4.69, 9.17) is 14.2 Å². The first-order valence-electron chi connectivity index (χ1n) is 8.97. The zero-order valence-electron chi connectivity index (χ0n) is 15.4. The molecule has 0 aliphatic carbocycles. The zero-order valence-corrected chi connectivity index (χ0v) is 15.4. The third-order valence-corrected chi connectivity index (χ3v) is 4.58. The van der Waals surface area contributed by atoms with E-state index in [2.05, 4.69) is 10.3 Å². The van der Waals surface area contributed by atoms with Crippen LogP contribution in [0.2, 0.25) is 0 Å². The molecule has 2 aromatic carbocycles. The molecule has 1 aliphatic rings. The number of pyridine rings is 1. The summed E-state index contributed by atoms with van der Waals surface area (Å²) in [6.45, 7) is 1.13. The number of amides is 1. The number of hydrogen-bond donors (Lipinski definition) is 2. The highest BCUT2D eigenvalue weighted by Gasteiger charge is 2.14. The molecule has 2 N–H and O–H groups in total. The van der Waals surface area contributed by atoms with Gasteiger partial charge in [-0.2, -0.15) is 0 Å². The molecule has 0 spiro atoms. The van der Waals surface area contributed by atoms with Crippen molar-refractivity contribution in [3.63, 3.8) is 0 Å². The third kappa shape index (κ3) is 3.78. The number of hydrogen-bond acceptors (Lipinski definition) is 5. The third-order valence-electron chi connectivity index (χ3n) is 4.58. The molecular formula is C21H20N2O5. The number of carbonyl (C=O) groups excluding carboxylic acids is 1. The van der Waals surface area contributed by atoms with Crippen molar-refractivity contribution < 1.29 is 19.0 Å². The molecule has 3 aromatic rings. The van der Waals surface area contributed by atoms with E-state index in [1.165, 1.54) is 0 Å². The van der Waals surface area contributed by atoms with Crippen molar-refractivity contribution in [3.05, 3.63) is 63.9 Å². The van der Waals surface area contributed by atoms with Crippen molar-refractivity contribution in [2.45, 2.75) is 13.0 Å². The number of methoxy groups -OCH3 is 1. The van der Waals surface area contributed by atoms with Crippen molar-refractivity contribution in [3.8, 4) is 17.2 Å². The minimum absolute atomic E-state index is 0.148. The maximum atomic E-state index is 12.3. The average Bonchev–Trinajstić information content (AvgIpc) is 2.71. The topological polar surface area (TPSA) is 89.7 Å². The molecule has 4 rings (SSSR count). The fourth-order valence-electron chi connectivity index (χ4n) is 3.10. The summed E-state index contributed by atoms with van der Waals surface area (Å²) in [7, 11) is 1.60. The lowest BCUT2D eigenvalue weighted by molar-refractivity contribution is -0.120. The molecule has 0 atom stereocenters. The van der Waals surface area contributed by atoms with Gasteiger partial charge in [0.2, 0.25) is 5.91 Å². The number of nitrogens with one attached hydrogen (secondary N) is 2. The molecule has 1 aliphatic heterocycles. The molecule has 7 nitrogen and oxygen atoms in total. The van der Waals surface area contributed by atoms with E-state index in [0.717, 1.165) is 16.7 Å². The van der Waals surface area contributed by atoms with Crippen molar-refractivity contribution in [1.29, 1.82) is 0 Å². The standard InChI is InChI=1S/C21H20N2O5/c1-26-16-4-2-13(3-5-16)8-20(24)22-12-15-9-14-10-18-19(28-7-6-27-18)11-17(14)23-21(15)25/h2-5,9-11H,6-8,12H2,1H3,(H,22,24)(H,23,25). The average molecular weight is 380 g/mol. The number of aromatic nitrogens is 1. The van der Waals surface area contributed by atoms with Gasteiger partial charge in [0.05, 0.1) is 19.0 Å². The second-order valence-electron chi connectivity index (χ2n) is 6.51. The van der Waals surface area contributed by atoms with Crippen LogP contribution in [0.15, 0.2) is 47.3 Å². The largest absolute Gasteiger partial charge is 0.497 e. The van der Waals surface area contributed by atoms with E-state index in [1.54, 1.807) is 19.2 Å². The summed E-state index contributed by atoms with van der Waals surface area (Å²) in [4.78, 5) is 27.4. The Kier molecular flexibility index (Phi) is 4.89. The maximum absolute atomic E-state index is 12.3. The summed E-state index contributed by atoms with van der Waals surface area (Å²) in [6.07, 6.45) is 0.230. The van der Waals surface area contributed by atoms with Crippen LogP contribution in [0, 0.1) is 0 Å². The molecule has 144 valence electrons. The summed E-state index contributed by atoms with van der Waals surface area (Å²) in [5.41, 5.74) is 1.78. The molecule has 0 unspecified atom stereocenters. The Hall–Kier alpha value is -3.48. The number of ether oxygens (including phenoxy) is 3. The Labute approximate surface area is 161 Å². The van der Waals surface area contributed by atoms with Gasteiger partial charge in [0, 0.05) is 23.6 Å².